The van der Waals surface area contributed by atoms with Crippen LogP contribution in [0.15, 0.2) is 12.4 Å². The van der Waals surface area contributed by atoms with Crippen LogP contribution in [0.1, 0.15) is 24.7 Å². The van der Waals surface area contributed by atoms with E-state index in [1.807, 2.05) is 12.4 Å². The van der Waals surface area contributed by atoms with Crippen molar-refractivity contribution in [2.45, 2.75) is 25.4 Å². The number of methoxy groups -OCH3 is 1. The molecule has 1 atom stereocenters. The number of nitrogens with one attached hydrogen (secondary N) is 1. The van der Waals surface area contributed by atoms with Crippen LogP contribution in [-0.4, -0.2) is 29.8 Å². The second-order valence-corrected chi connectivity index (χ2v) is 4.65. The lowest BCUT2D eigenvalue weighted by atomic mass is 9.87. The zero-order chi connectivity index (χ0) is 10.3. The maximum Gasteiger partial charge on any atom is 0.126 e. The van der Waals surface area contributed by atoms with Crippen LogP contribution in [0.2, 0.25) is 0 Å². The Labute approximate surface area is 89.6 Å². The van der Waals surface area contributed by atoms with Gasteiger partial charge in [0.05, 0.1) is 12.6 Å². The average Bonchev–Trinajstić information content (AvgIpc) is 2.94. The van der Waals surface area contributed by atoms with Crippen molar-refractivity contribution in [2.75, 3.05) is 20.3 Å². The van der Waals surface area contributed by atoms with E-state index in [4.69, 9.17) is 4.74 Å². The van der Waals surface area contributed by atoms with Gasteiger partial charge in [-0.1, -0.05) is 0 Å². The summed E-state index contributed by atoms with van der Waals surface area (Å²) in [7, 11) is 1.74. The molecule has 0 amide bonds. The second kappa shape index (κ2) is 3.32. The zero-order valence-corrected chi connectivity index (χ0v) is 9.07. The lowest BCUT2D eigenvalue weighted by Gasteiger charge is -2.38. The molecule has 2 aliphatic rings. The largest absolute Gasteiger partial charge is 0.383 e. The van der Waals surface area contributed by atoms with Gasteiger partial charge in [-0.2, -0.15) is 0 Å². The summed E-state index contributed by atoms with van der Waals surface area (Å²) in [6, 6.07) is 0.490. The first kappa shape index (κ1) is 9.36. The lowest BCUT2D eigenvalue weighted by molar-refractivity contribution is 0.171. The number of aromatic nitrogens is 2. The molecule has 15 heavy (non-hydrogen) atoms. The third-order valence-electron chi connectivity index (χ3n) is 3.71. The smallest absolute Gasteiger partial charge is 0.126 e. The van der Waals surface area contributed by atoms with Gasteiger partial charge in [0.1, 0.15) is 5.82 Å². The molecule has 0 radical (unpaired) electrons. The molecule has 4 heteroatoms. The third kappa shape index (κ3) is 1.40. The Bertz CT molecular complexity index is 356. The monoisotopic (exact) mass is 207 g/mol. The fourth-order valence-corrected chi connectivity index (χ4v) is 2.44. The van der Waals surface area contributed by atoms with Crippen molar-refractivity contribution in [3.8, 4) is 0 Å². The predicted octanol–water partition coefficient (Wildman–Crippen LogP) is 0.954. The summed E-state index contributed by atoms with van der Waals surface area (Å²) < 4.78 is 7.31. The molecule has 0 unspecified atom stereocenters. The van der Waals surface area contributed by atoms with Crippen molar-refractivity contribution in [1.29, 1.82) is 0 Å². The highest BCUT2D eigenvalue weighted by atomic mass is 16.5. The Morgan fingerprint density at radius 2 is 2.53 bits per heavy atom. The van der Waals surface area contributed by atoms with E-state index in [1.165, 1.54) is 25.2 Å². The molecule has 1 N–H and O–H groups in total. The summed E-state index contributed by atoms with van der Waals surface area (Å²) in [4.78, 5) is 4.47. The molecule has 1 saturated heterocycles. The Morgan fingerprint density at radius 3 is 3.13 bits per heavy atom. The average molecular weight is 207 g/mol. The SMILES string of the molecule is COCCn1ccnc1[C@H]1NCC12CC2. The Kier molecular flexibility index (Phi) is 2.07. The van der Waals surface area contributed by atoms with Gasteiger partial charge in [0.25, 0.3) is 0 Å². The summed E-state index contributed by atoms with van der Waals surface area (Å²) in [6.07, 6.45) is 6.66. The molecule has 1 aliphatic carbocycles. The molecule has 1 saturated carbocycles. The first-order valence-corrected chi connectivity index (χ1v) is 5.59. The normalized spacial score (nSPS) is 26.6. The van der Waals surface area contributed by atoms with E-state index in [2.05, 4.69) is 14.9 Å². The van der Waals surface area contributed by atoms with Crippen molar-refractivity contribution in [3.63, 3.8) is 0 Å². The van der Waals surface area contributed by atoms with Gasteiger partial charge in [-0.25, -0.2) is 4.98 Å². The van der Waals surface area contributed by atoms with E-state index in [0.29, 0.717) is 11.5 Å². The molecule has 3 rings (SSSR count). The molecule has 0 bridgehead atoms. The molecule has 2 fully saturated rings. The van der Waals surface area contributed by atoms with E-state index in [0.717, 1.165) is 13.2 Å². The van der Waals surface area contributed by atoms with E-state index in [1.54, 1.807) is 7.11 Å². The standard InChI is InChI=1S/C11H17N3O/c1-15-7-6-14-5-4-12-10(14)9-11(2-3-11)8-13-9/h4-5,9,13H,2-3,6-8H2,1H3/t9-/m1/s1. The summed E-state index contributed by atoms with van der Waals surface area (Å²) >= 11 is 0. The van der Waals surface area contributed by atoms with Crippen molar-refractivity contribution in [1.82, 2.24) is 14.9 Å². The number of ether oxygens (including phenoxy) is 1. The van der Waals surface area contributed by atoms with Gasteiger partial charge in [0.2, 0.25) is 0 Å². The fourth-order valence-electron chi connectivity index (χ4n) is 2.44. The Morgan fingerprint density at radius 1 is 1.67 bits per heavy atom. The fraction of sp³-hybridized carbons (Fsp3) is 0.727. The highest BCUT2D eigenvalue weighted by Crippen LogP contribution is 2.59. The number of imidazole rings is 1. The van der Waals surface area contributed by atoms with Gasteiger partial charge in [-0.05, 0) is 12.8 Å². The van der Waals surface area contributed by atoms with E-state index in [9.17, 15) is 0 Å². The number of hydrogen-bond acceptors (Lipinski definition) is 3. The number of rotatable bonds is 4. The molecule has 2 heterocycles. The van der Waals surface area contributed by atoms with E-state index < -0.39 is 0 Å². The lowest BCUT2D eigenvalue weighted by Crippen LogP contribution is -2.48. The van der Waals surface area contributed by atoms with E-state index in [-0.39, 0.29) is 0 Å². The van der Waals surface area contributed by atoms with Gasteiger partial charge >= 0.3 is 0 Å². The maximum absolute atomic E-state index is 5.10. The minimum Gasteiger partial charge on any atom is -0.383 e. The van der Waals surface area contributed by atoms with Gasteiger partial charge in [0, 0.05) is 38.0 Å². The zero-order valence-electron chi connectivity index (χ0n) is 9.07. The van der Waals surface area contributed by atoms with Gasteiger partial charge < -0.3 is 14.6 Å². The van der Waals surface area contributed by atoms with E-state index >= 15 is 0 Å². The van der Waals surface area contributed by atoms with Gasteiger partial charge in [-0.15, -0.1) is 0 Å². The second-order valence-electron chi connectivity index (χ2n) is 4.65. The van der Waals surface area contributed by atoms with Crippen LogP contribution in [0.3, 0.4) is 0 Å². The summed E-state index contributed by atoms with van der Waals surface area (Å²) in [5, 5.41) is 3.49. The molecule has 82 valence electrons. The first-order chi connectivity index (χ1) is 7.36. The van der Waals surface area contributed by atoms with Crippen molar-refractivity contribution in [2.24, 2.45) is 5.41 Å². The molecule has 1 aromatic heterocycles. The van der Waals surface area contributed by atoms with Crippen molar-refractivity contribution in [3.05, 3.63) is 18.2 Å². The summed E-state index contributed by atoms with van der Waals surface area (Å²) in [6.45, 7) is 2.83. The summed E-state index contributed by atoms with van der Waals surface area (Å²) in [5.41, 5.74) is 0.566. The van der Waals surface area contributed by atoms with Crippen LogP contribution in [0.5, 0.6) is 0 Å². The minimum atomic E-state index is 0.490. The molecule has 1 aromatic rings. The predicted molar refractivity (Wildman–Crippen MR) is 56.5 cm³/mol. The van der Waals surface area contributed by atoms with Crippen LogP contribution in [0.25, 0.3) is 0 Å². The summed E-state index contributed by atoms with van der Waals surface area (Å²) in [5.74, 6) is 1.19. The third-order valence-corrected chi connectivity index (χ3v) is 3.71. The highest BCUT2D eigenvalue weighted by molar-refractivity contribution is 5.19. The minimum absolute atomic E-state index is 0.490. The number of nitrogens with zero attached hydrogens (tertiary/aromatic N) is 2. The Hall–Kier alpha value is -0.870. The van der Waals surface area contributed by atoms with Crippen LogP contribution >= 0.6 is 0 Å². The molecular formula is C11H17N3O. The highest BCUT2D eigenvalue weighted by Gasteiger charge is 2.57. The molecule has 1 spiro atoms. The van der Waals surface area contributed by atoms with Crippen LogP contribution in [0, 0.1) is 5.41 Å². The molecule has 0 aromatic carbocycles. The molecular weight excluding hydrogens is 190 g/mol. The van der Waals surface area contributed by atoms with Crippen molar-refractivity contribution >= 4 is 0 Å². The van der Waals surface area contributed by atoms with Gasteiger partial charge in [-0.3, -0.25) is 0 Å². The van der Waals surface area contributed by atoms with Gasteiger partial charge in [0.15, 0.2) is 0 Å². The number of hydrogen-bond donors (Lipinski definition) is 1. The van der Waals surface area contributed by atoms with Crippen LogP contribution < -0.4 is 5.32 Å². The topological polar surface area (TPSA) is 39.1 Å². The maximum atomic E-state index is 5.10. The Balaban J connectivity index is 1.76. The molecule has 4 nitrogen and oxygen atoms in total. The quantitative estimate of drug-likeness (QED) is 0.799. The van der Waals surface area contributed by atoms with Crippen LogP contribution in [-0.2, 0) is 11.3 Å². The molecule has 1 aliphatic heterocycles. The first-order valence-electron chi connectivity index (χ1n) is 5.59. The van der Waals surface area contributed by atoms with Crippen molar-refractivity contribution < 1.29 is 4.74 Å². The van der Waals surface area contributed by atoms with Crippen LogP contribution in [0.4, 0.5) is 0 Å².